The van der Waals surface area contributed by atoms with Crippen LogP contribution < -0.4 is 4.89 Å². The smallest absolute Gasteiger partial charge is 0.287 e. The standard InChI is InChI=1S/C14H18O3/c1-4-7-11(3)14(15)17-16-13-9-6-8-12(5-2)10-13/h6,8-10H,3-5,7H2,1-2H3. The summed E-state index contributed by atoms with van der Waals surface area (Å²) in [6, 6.07) is 7.44. The lowest BCUT2D eigenvalue weighted by molar-refractivity contribution is -0.208. The summed E-state index contributed by atoms with van der Waals surface area (Å²) in [6.45, 7) is 7.66. The predicted molar refractivity (Wildman–Crippen MR) is 66.6 cm³/mol. The summed E-state index contributed by atoms with van der Waals surface area (Å²) in [5.41, 5.74) is 1.56. The van der Waals surface area contributed by atoms with E-state index in [0.717, 1.165) is 18.4 Å². The summed E-state index contributed by atoms with van der Waals surface area (Å²) in [6.07, 6.45) is 2.39. The van der Waals surface area contributed by atoms with Crippen LogP contribution in [0.1, 0.15) is 32.3 Å². The summed E-state index contributed by atoms with van der Waals surface area (Å²) in [5, 5.41) is 0. The van der Waals surface area contributed by atoms with Gasteiger partial charge in [-0.15, -0.1) is 0 Å². The molecule has 0 aliphatic heterocycles. The Morgan fingerprint density at radius 3 is 2.76 bits per heavy atom. The fourth-order valence-electron chi connectivity index (χ4n) is 1.37. The van der Waals surface area contributed by atoms with Crippen LogP contribution in [0.4, 0.5) is 0 Å². The Hall–Kier alpha value is -1.77. The van der Waals surface area contributed by atoms with Gasteiger partial charge in [0.05, 0.1) is 0 Å². The number of hydrogen-bond acceptors (Lipinski definition) is 3. The maximum atomic E-state index is 11.4. The number of aryl methyl sites for hydroxylation is 1. The quantitative estimate of drug-likeness (QED) is 0.429. The third-order valence-corrected chi connectivity index (χ3v) is 2.36. The predicted octanol–water partition coefficient (Wildman–Crippen LogP) is 3.44. The second-order valence-corrected chi connectivity index (χ2v) is 3.81. The fourth-order valence-corrected chi connectivity index (χ4v) is 1.37. The van der Waals surface area contributed by atoms with Gasteiger partial charge in [-0.05, 0) is 30.5 Å². The highest BCUT2D eigenvalue weighted by Gasteiger charge is 2.09. The number of benzene rings is 1. The summed E-state index contributed by atoms with van der Waals surface area (Å²) in [5.74, 6) is 0.0238. The zero-order valence-corrected chi connectivity index (χ0v) is 10.4. The molecule has 0 aromatic heterocycles. The van der Waals surface area contributed by atoms with Crippen LogP contribution in [0, 0.1) is 0 Å². The van der Waals surface area contributed by atoms with E-state index in [0.29, 0.717) is 17.7 Å². The van der Waals surface area contributed by atoms with Gasteiger partial charge in [0.25, 0.3) is 0 Å². The van der Waals surface area contributed by atoms with Crippen molar-refractivity contribution in [2.45, 2.75) is 33.1 Å². The molecule has 0 spiro atoms. The lowest BCUT2D eigenvalue weighted by atomic mass is 10.2. The molecule has 0 heterocycles. The molecule has 0 N–H and O–H groups in total. The number of carbonyl (C=O) groups is 1. The van der Waals surface area contributed by atoms with Crippen molar-refractivity contribution in [2.75, 3.05) is 0 Å². The van der Waals surface area contributed by atoms with Crippen molar-refractivity contribution in [3.05, 3.63) is 42.0 Å². The highest BCUT2D eigenvalue weighted by Crippen LogP contribution is 2.15. The maximum Gasteiger partial charge on any atom is 0.381 e. The molecule has 1 rings (SSSR count). The molecule has 0 amide bonds. The van der Waals surface area contributed by atoms with Crippen molar-refractivity contribution in [1.29, 1.82) is 0 Å². The van der Waals surface area contributed by atoms with Gasteiger partial charge in [0.15, 0.2) is 5.75 Å². The van der Waals surface area contributed by atoms with Gasteiger partial charge in [-0.3, -0.25) is 4.89 Å². The molecule has 0 aliphatic carbocycles. The Kier molecular flexibility index (Phi) is 5.27. The van der Waals surface area contributed by atoms with Gasteiger partial charge in [-0.2, -0.15) is 0 Å². The average molecular weight is 234 g/mol. The molecule has 0 atom stereocenters. The van der Waals surface area contributed by atoms with Crippen molar-refractivity contribution in [2.24, 2.45) is 0 Å². The Balaban J connectivity index is 2.49. The summed E-state index contributed by atoms with van der Waals surface area (Å²) in [7, 11) is 0. The molecule has 0 unspecified atom stereocenters. The van der Waals surface area contributed by atoms with Gasteiger partial charge in [0.2, 0.25) is 0 Å². The van der Waals surface area contributed by atoms with Crippen molar-refractivity contribution in [3.8, 4) is 5.75 Å². The first-order valence-electron chi connectivity index (χ1n) is 5.83. The molecule has 1 aromatic rings. The van der Waals surface area contributed by atoms with Crippen LogP contribution in [0.25, 0.3) is 0 Å². The van der Waals surface area contributed by atoms with Gasteiger partial charge >= 0.3 is 5.97 Å². The molecule has 0 aliphatic rings. The van der Waals surface area contributed by atoms with Crippen molar-refractivity contribution in [1.82, 2.24) is 0 Å². The van der Waals surface area contributed by atoms with Gasteiger partial charge < -0.3 is 0 Å². The highest BCUT2D eigenvalue weighted by molar-refractivity contribution is 5.87. The minimum absolute atomic E-state index is 0.430. The van der Waals surface area contributed by atoms with E-state index in [-0.39, 0.29) is 0 Å². The zero-order chi connectivity index (χ0) is 12.7. The van der Waals surface area contributed by atoms with E-state index in [1.165, 1.54) is 0 Å². The van der Waals surface area contributed by atoms with E-state index >= 15 is 0 Å². The van der Waals surface area contributed by atoms with Crippen molar-refractivity contribution in [3.63, 3.8) is 0 Å². The largest absolute Gasteiger partial charge is 0.381 e. The van der Waals surface area contributed by atoms with Gasteiger partial charge in [0.1, 0.15) is 0 Å². The third-order valence-electron chi connectivity index (χ3n) is 2.36. The minimum Gasteiger partial charge on any atom is -0.287 e. The topological polar surface area (TPSA) is 35.5 Å². The van der Waals surface area contributed by atoms with Crippen LogP contribution in [0.15, 0.2) is 36.4 Å². The normalized spacial score (nSPS) is 9.76. The number of hydrogen-bond donors (Lipinski definition) is 0. The summed E-state index contributed by atoms with van der Waals surface area (Å²) in [4.78, 5) is 21.1. The van der Waals surface area contributed by atoms with Gasteiger partial charge in [-0.1, -0.05) is 39.0 Å². The molecule has 0 saturated carbocycles. The molecule has 0 fully saturated rings. The van der Waals surface area contributed by atoms with E-state index in [4.69, 9.17) is 9.78 Å². The SMILES string of the molecule is C=C(CCC)C(=O)OOc1cccc(CC)c1. The van der Waals surface area contributed by atoms with Crippen LogP contribution >= 0.6 is 0 Å². The van der Waals surface area contributed by atoms with E-state index in [1.807, 2.05) is 32.0 Å². The monoisotopic (exact) mass is 234 g/mol. The van der Waals surface area contributed by atoms with Crippen LogP contribution in [0.5, 0.6) is 5.75 Å². The minimum atomic E-state index is -0.506. The molecule has 3 heteroatoms. The Morgan fingerprint density at radius 1 is 1.35 bits per heavy atom. The first-order chi connectivity index (χ1) is 8.17. The lowest BCUT2D eigenvalue weighted by Crippen LogP contribution is -2.10. The average Bonchev–Trinajstić information content (AvgIpc) is 2.36. The third kappa shape index (κ3) is 4.31. The van der Waals surface area contributed by atoms with Crippen LogP contribution in [0.3, 0.4) is 0 Å². The second-order valence-electron chi connectivity index (χ2n) is 3.81. The fraction of sp³-hybridized carbons (Fsp3) is 0.357. The molecule has 0 bridgehead atoms. The first kappa shape index (κ1) is 13.3. The second kappa shape index (κ2) is 6.74. The van der Waals surface area contributed by atoms with Crippen LogP contribution in [-0.2, 0) is 16.1 Å². The zero-order valence-electron chi connectivity index (χ0n) is 10.4. The summed E-state index contributed by atoms with van der Waals surface area (Å²) >= 11 is 0. The molecule has 17 heavy (non-hydrogen) atoms. The molecule has 0 saturated heterocycles. The maximum absolute atomic E-state index is 11.4. The van der Waals surface area contributed by atoms with Gasteiger partial charge in [0, 0.05) is 5.57 Å². The van der Waals surface area contributed by atoms with Crippen LogP contribution in [-0.4, -0.2) is 5.97 Å². The van der Waals surface area contributed by atoms with Crippen molar-refractivity contribution < 1.29 is 14.6 Å². The Labute approximate surface area is 102 Å². The highest BCUT2D eigenvalue weighted by atomic mass is 17.2. The molecule has 0 radical (unpaired) electrons. The molecule has 92 valence electrons. The van der Waals surface area contributed by atoms with E-state index < -0.39 is 5.97 Å². The Morgan fingerprint density at radius 2 is 2.12 bits per heavy atom. The summed E-state index contributed by atoms with van der Waals surface area (Å²) < 4.78 is 0. The molecular formula is C14H18O3. The van der Waals surface area contributed by atoms with Gasteiger partial charge in [-0.25, -0.2) is 9.68 Å². The van der Waals surface area contributed by atoms with E-state index in [9.17, 15) is 4.79 Å². The van der Waals surface area contributed by atoms with Crippen molar-refractivity contribution >= 4 is 5.97 Å². The number of carbonyl (C=O) groups excluding carboxylic acids is 1. The number of rotatable bonds is 6. The van der Waals surface area contributed by atoms with E-state index in [2.05, 4.69) is 6.58 Å². The molecule has 3 nitrogen and oxygen atoms in total. The Bertz CT molecular complexity index is 396. The molecule has 1 aromatic carbocycles. The van der Waals surface area contributed by atoms with E-state index in [1.54, 1.807) is 6.07 Å². The first-order valence-corrected chi connectivity index (χ1v) is 5.83. The lowest BCUT2D eigenvalue weighted by Gasteiger charge is -2.06. The van der Waals surface area contributed by atoms with Crippen LogP contribution in [0.2, 0.25) is 0 Å². The molecular weight excluding hydrogens is 216 g/mol.